The maximum Gasteiger partial charge on any atom is 0.223 e. The third kappa shape index (κ3) is 3.69. The number of carbonyl (C=O) groups is 1. The highest BCUT2D eigenvalue weighted by molar-refractivity contribution is 5.78. The fourth-order valence-electron chi connectivity index (χ4n) is 4.38. The minimum atomic E-state index is 0.155. The molecular weight excluding hydrogens is 288 g/mol. The first-order chi connectivity index (χ1) is 11.2. The van der Waals surface area contributed by atoms with E-state index in [1.807, 2.05) is 18.2 Å². The van der Waals surface area contributed by atoms with Gasteiger partial charge in [-0.1, -0.05) is 24.6 Å². The first kappa shape index (κ1) is 16.3. The summed E-state index contributed by atoms with van der Waals surface area (Å²) < 4.78 is 5.35. The van der Waals surface area contributed by atoms with Gasteiger partial charge in [0.05, 0.1) is 7.11 Å². The van der Waals surface area contributed by atoms with Crippen molar-refractivity contribution in [3.63, 3.8) is 0 Å². The lowest BCUT2D eigenvalue weighted by Gasteiger charge is -2.43. The van der Waals surface area contributed by atoms with E-state index in [0.29, 0.717) is 24.4 Å². The largest absolute Gasteiger partial charge is 0.496 e. The van der Waals surface area contributed by atoms with E-state index in [4.69, 9.17) is 10.5 Å². The number of carbonyl (C=O) groups excluding carboxylic acids is 1. The lowest BCUT2D eigenvalue weighted by molar-refractivity contribution is -0.127. The van der Waals surface area contributed by atoms with E-state index in [0.717, 1.165) is 30.6 Å². The lowest BCUT2D eigenvalue weighted by Crippen LogP contribution is -2.49. The molecule has 2 atom stereocenters. The van der Waals surface area contributed by atoms with Crippen LogP contribution in [0, 0.1) is 17.8 Å². The molecule has 1 aromatic carbocycles. The molecule has 2 unspecified atom stereocenters. The van der Waals surface area contributed by atoms with Crippen molar-refractivity contribution in [2.75, 3.05) is 13.7 Å². The van der Waals surface area contributed by atoms with Crippen molar-refractivity contribution in [1.29, 1.82) is 0 Å². The number of fused-ring (bicyclic) bond motifs is 2. The second kappa shape index (κ2) is 7.35. The van der Waals surface area contributed by atoms with Crippen molar-refractivity contribution in [3.8, 4) is 5.75 Å². The average molecular weight is 316 g/mol. The number of ether oxygens (including phenoxy) is 1. The number of rotatable bonds is 5. The molecule has 2 aliphatic rings. The summed E-state index contributed by atoms with van der Waals surface area (Å²) in [7, 11) is 1.68. The highest BCUT2D eigenvalue weighted by atomic mass is 16.5. The van der Waals surface area contributed by atoms with Gasteiger partial charge in [0.25, 0.3) is 0 Å². The van der Waals surface area contributed by atoms with E-state index in [1.54, 1.807) is 7.11 Å². The van der Waals surface area contributed by atoms with Crippen LogP contribution in [0.25, 0.3) is 0 Å². The van der Waals surface area contributed by atoms with Gasteiger partial charge in [0.15, 0.2) is 0 Å². The van der Waals surface area contributed by atoms with Crippen LogP contribution in [0.1, 0.15) is 37.7 Å². The molecule has 2 saturated carbocycles. The molecule has 126 valence electrons. The van der Waals surface area contributed by atoms with E-state index in [9.17, 15) is 4.79 Å². The lowest BCUT2D eigenvalue weighted by atomic mass is 9.65. The third-order valence-corrected chi connectivity index (χ3v) is 5.67. The number of benzene rings is 1. The number of hydrogen-bond donors (Lipinski definition) is 2. The molecule has 3 rings (SSSR count). The summed E-state index contributed by atoms with van der Waals surface area (Å²) in [5.41, 5.74) is 7.45. The van der Waals surface area contributed by atoms with Crippen LogP contribution in [0.3, 0.4) is 0 Å². The van der Waals surface area contributed by atoms with Crippen LogP contribution < -0.4 is 15.8 Å². The molecule has 1 amide bonds. The number of amides is 1. The van der Waals surface area contributed by atoms with Crippen molar-refractivity contribution in [3.05, 3.63) is 29.8 Å². The zero-order valence-corrected chi connectivity index (χ0v) is 14.0. The standard InChI is InChI=1S/C19H28N2O2/c1-23-17-8-3-2-5-13(17)9-10-21-19(22)16-11-14-6-4-7-15(12-16)18(14)20/h2-3,5,8,14-16,18H,4,6-7,9-12,20H2,1H3,(H,21,22). The molecule has 23 heavy (non-hydrogen) atoms. The summed E-state index contributed by atoms with van der Waals surface area (Å²) in [6, 6.07) is 8.30. The maximum atomic E-state index is 12.5. The van der Waals surface area contributed by atoms with E-state index < -0.39 is 0 Å². The normalized spacial score (nSPS) is 29.8. The van der Waals surface area contributed by atoms with Crippen molar-refractivity contribution >= 4 is 5.91 Å². The van der Waals surface area contributed by atoms with E-state index in [2.05, 4.69) is 11.4 Å². The number of hydrogen-bond acceptors (Lipinski definition) is 3. The molecule has 3 N–H and O–H groups in total. The fourth-order valence-corrected chi connectivity index (χ4v) is 4.38. The Morgan fingerprint density at radius 1 is 1.26 bits per heavy atom. The molecule has 0 spiro atoms. The van der Waals surface area contributed by atoms with Crippen LogP contribution in [-0.2, 0) is 11.2 Å². The second-order valence-electron chi connectivity index (χ2n) is 7.05. The van der Waals surface area contributed by atoms with Crippen molar-refractivity contribution in [1.82, 2.24) is 5.32 Å². The Morgan fingerprint density at radius 2 is 1.96 bits per heavy atom. The van der Waals surface area contributed by atoms with Crippen LogP contribution in [0.15, 0.2) is 24.3 Å². The van der Waals surface area contributed by atoms with Gasteiger partial charge in [-0.05, 0) is 55.6 Å². The van der Waals surface area contributed by atoms with E-state index in [-0.39, 0.29) is 11.8 Å². The Balaban J connectivity index is 1.50. The second-order valence-corrected chi connectivity index (χ2v) is 7.05. The summed E-state index contributed by atoms with van der Waals surface area (Å²) in [6.45, 7) is 0.664. The number of para-hydroxylation sites is 1. The Hall–Kier alpha value is -1.55. The highest BCUT2D eigenvalue weighted by Crippen LogP contribution is 2.41. The molecule has 0 saturated heterocycles. The van der Waals surface area contributed by atoms with Crippen LogP contribution in [0.5, 0.6) is 5.75 Å². The first-order valence-corrected chi connectivity index (χ1v) is 8.84. The molecule has 1 aromatic rings. The quantitative estimate of drug-likeness (QED) is 0.877. The SMILES string of the molecule is COc1ccccc1CCNC(=O)C1CC2CCCC(C1)C2N. The third-order valence-electron chi connectivity index (χ3n) is 5.67. The Bertz CT molecular complexity index is 532. The van der Waals surface area contributed by atoms with E-state index in [1.165, 1.54) is 19.3 Å². The van der Waals surface area contributed by atoms with Crippen LogP contribution in [0.4, 0.5) is 0 Å². The smallest absolute Gasteiger partial charge is 0.223 e. The minimum absolute atomic E-state index is 0.155. The van der Waals surface area contributed by atoms with Crippen LogP contribution in [0.2, 0.25) is 0 Å². The maximum absolute atomic E-state index is 12.5. The van der Waals surface area contributed by atoms with Crippen molar-refractivity contribution in [2.45, 2.75) is 44.6 Å². The summed E-state index contributed by atoms with van der Waals surface area (Å²) in [5.74, 6) is 2.35. The van der Waals surface area contributed by atoms with Gasteiger partial charge < -0.3 is 15.8 Å². The van der Waals surface area contributed by atoms with Crippen LogP contribution in [-0.4, -0.2) is 25.6 Å². The molecule has 2 fully saturated rings. The zero-order chi connectivity index (χ0) is 16.2. The average Bonchev–Trinajstić information content (AvgIpc) is 2.55. The molecule has 4 heteroatoms. The molecule has 2 bridgehead atoms. The van der Waals surface area contributed by atoms with Gasteiger partial charge in [-0.25, -0.2) is 0 Å². The molecule has 0 aromatic heterocycles. The molecule has 0 aliphatic heterocycles. The van der Waals surface area contributed by atoms with Gasteiger partial charge >= 0.3 is 0 Å². The van der Waals surface area contributed by atoms with Gasteiger partial charge in [0.1, 0.15) is 5.75 Å². The molecule has 0 radical (unpaired) electrons. The van der Waals surface area contributed by atoms with Gasteiger partial charge in [0, 0.05) is 18.5 Å². The Labute approximate surface area is 138 Å². The highest BCUT2D eigenvalue weighted by Gasteiger charge is 2.40. The summed E-state index contributed by atoms with van der Waals surface area (Å²) >= 11 is 0. The van der Waals surface area contributed by atoms with Gasteiger partial charge in [-0.3, -0.25) is 4.79 Å². The van der Waals surface area contributed by atoms with Crippen molar-refractivity contribution in [2.24, 2.45) is 23.5 Å². The minimum Gasteiger partial charge on any atom is -0.496 e. The molecular formula is C19H28N2O2. The molecule has 4 nitrogen and oxygen atoms in total. The van der Waals surface area contributed by atoms with Gasteiger partial charge in [-0.15, -0.1) is 0 Å². The zero-order valence-electron chi connectivity index (χ0n) is 14.0. The summed E-state index contributed by atoms with van der Waals surface area (Å²) in [4.78, 5) is 12.5. The predicted molar refractivity (Wildman–Crippen MR) is 91.2 cm³/mol. The topological polar surface area (TPSA) is 64.3 Å². The van der Waals surface area contributed by atoms with Crippen molar-refractivity contribution < 1.29 is 9.53 Å². The van der Waals surface area contributed by atoms with Crippen LogP contribution >= 0.6 is 0 Å². The molecule has 2 aliphatic carbocycles. The van der Waals surface area contributed by atoms with Gasteiger partial charge in [0.2, 0.25) is 5.91 Å². The fraction of sp³-hybridized carbons (Fsp3) is 0.632. The van der Waals surface area contributed by atoms with Gasteiger partial charge in [-0.2, -0.15) is 0 Å². The Morgan fingerprint density at radius 3 is 2.65 bits per heavy atom. The number of methoxy groups -OCH3 is 1. The summed E-state index contributed by atoms with van der Waals surface area (Å²) in [5, 5.41) is 3.12. The van der Waals surface area contributed by atoms with E-state index >= 15 is 0 Å². The monoisotopic (exact) mass is 316 g/mol. The number of nitrogens with one attached hydrogen (secondary N) is 1. The Kier molecular flexibility index (Phi) is 5.21. The first-order valence-electron chi connectivity index (χ1n) is 8.84. The number of nitrogens with two attached hydrogens (primary N) is 1. The summed E-state index contributed by atoms with van der Waals surface area (Å²) in [6.07, 6.45) is 6.42. The molecule has 0 heterocycles. The predicted octanol–water partition coefficient (Wildman–Crippen LogP) is 2.51.